The highest BCUT2D eigenvalue weighted by atomic mass is 35.5. The van der Waals surface area contributed by atoms with Crippen molar-refractivity contribution in [2.75, 3.05) is 0 Å². The van der Waals surface area contributed by atoms with Crippen LogP contribution >= 0.6 is 11.6 Å². The lowest BCUT2D eigenvalue weighted by molar-refractivity contribution is 0.101. The number of hydrogen-bond acceptors (Lipinski definition) is 3. The van der Waals surface area contributed by atoms with E-state index in [1.165, 1.54) is 25.1 Å². The molecule has 14 heavy (non-hydrogen) atoms. The maximum atomic E-state index is 10.9. The van der Waals surface area contributed by atoms with Crippen molar-refractivity contribution >= 4 is 27.4 Å². The molecule has 1 aromatic carbocycles. The van der Waals surface area contributed by atoms with Crippen molar-refractivity contribution in [3.8, 4) is 0 Å². The predicted molar refractivity (Wildman–Crippen MR) is 52.8 cm³/mol. The fourth-order valence-electron chi connectivity index (χ4n) is 0.951. The lowest BCUT2D eigenvalue weighted by atomic mass is 10.1. The Balaban J connectivity index is 3.35. The first-order valence-electron chi connectivity index (χ1n) is 3.65. The Morgan fingerprint density at radius 3 is 2.36 bits per heavy atom. The molecular formula is C8H8ClNO3S. The largest absolute Gasteiger partial charge is 0.295 e. The first kappa shape index (κ1) is 11.2. The number of sulfonamides is 1. The molecule has 1 rings (SSSR count). The number of benzene rings is 1. The number of ketones is 1. The van der Waals surface area contributed by atoms with Crippen LogP contribution in [-0.2, 0) is 10.0 Å². The van der Waals surface area contributed by atoms with Crippen molar-refractivity contribution < 1.29 is 13.2 Å². The van der Waals surface area contributed by atoms with E-state index in [0.717, 1.165) is 0 Å². The maximum absolute atomic E-state index is 10.9. The summed E-state index contributed by atoms with van der Waals surface area (Å²) in [5.74, 6) is -0.187. The SMILES string of the molecule is CC(=O)c1ccc(S(N)(=O)=O)c(Cl)c1. The van der Waals surface area contributed by atoms with E-state index in [1.807, 2.05) is 0 Å². The van der Waals surface area contributed by atoms with Gasteiger partial charge in [-0.25, -0.2) is 13.6 Å². The Bertz CT molecular complexity index is 481. The monoisotopic (exact) mass is 233 g/mol. The van der Waals surface area contributed by atoms with Crippen molar-refractivity contribution in [1.29, 1.82) is 0 Å². The topological polar surface area (TPSA) is 77.2 Å². The second-order valence-corrected chi connectivity index (χ2v) is 4.68. The average molecular weight is 234 g/mol. The molecule has 0 amide bonds. The van der Waals surface area contributed by atoms with Crippen LogP contribution in [0.3, 0.4) is 0 Å². The molecule has 1 aromatic rings. The van der Waals surface area contributed by atoms with Crippen LogP contribution in [0.2, 0.25) is 5.02 Å². The van der Waals surface area contributed by atoms with E-state index in [2.05, 4.69) is 0 Å². The molecule has 0 radical (unpaired) electrons. The van der Waals surface area contributed by atoms with Crippen LogP contribution < -0.4 is 5.14 Å². The Kier molecular flexibility index (Phi) is 2.94. The summed E-state index contributed by atoms with van der Waals surface area (Å²) in [4.78, 5) is 10.7. The molecule has 0 fully saturated rings. The molecule has 2 N–H and O–H groups in total. The van der Waals surface area contributed by atoms with Crippen molar-refractivity contribution in [3.05, 3.63) is 28.8 Å². The molecule has 0 unspecified atom stereocenters. The number of nitrogens with two attached hydrogens (primary N) is 1. The molecular weight excluding hydrogens is 226 g/mol. The van der Waals surface area contributed by atoms with Crippen molar-refractivity contribution in [2.45, 2.75) is 11.8 Å². The van der Waals surface area contributed by atoms with Gasteiger partial charge in [0.1, 0.15) is 4.90 Å². The Hall–Kier alpha value is -0.910. The lowest BCUT2D eigenvalue weighted by Gasteiger charge is -2.02. The molecule has 6 heteroatoms. The minimum absolute atomic E-state index is 0.0415. The van der Waals surface area contributed by atoms with Crippen molar-refractivity contribution in [2.24, 2.45) is 5.14 Å². The summed E-state index contributed by atoms with van der Waals surface area (Å²) in [6, 6.07) is 3.87. The first-order chi connectivity index (χ1) is 6.32. The van der Waals surface area contributed by atoms with Crippen LogP contribution in [0.25, 0.3) is 0 Å². The smallest absolute Gasteiger partial charge is 0.239 e. The number of carbonyl (C=O) groups excluding carboxylic acids is 1. The quantitative estimate of drug-likeness (QED) is 0.780. The van der Waals surface area contributed by atoms with Crippen molar-refractivity contribution in [1.82, 2.24) is 0 Å². The van der Waals surface area contributed by atoms with Gasteiger partial charge in [-0.3, -0.25) is 4.79 Å². The molecule has 76 valence electrons. The van der Waals surface area contributed by atoms with Crippen LogP contribution in [0.1, 0.15) is 17.3 Å². The van der Waals surface area contributed by atoms with Gasteiger partial charge < -0.3 is 0 Å². The molecule has 0 aromatic heterocycles. The summed E-state index contributed by atoms with van der Waals surface area (Å²) in [7, 11) is -3.82. The number of rotatable bonds is 2. The molecule has 0 heterocycles. The van der Waals surface area contributed by atoms with Gasteiger partial charge >= 0.3 is 0 Å². The van der Waals surface area contributed by atoms with Gasteiger partial charge in [0, 0.05) is 5.56 Å². The standard InChI is InChI=1S/C8H8ClNO3S/c1-5(11)6-2-3-8(7(9)4-6)14(10,12)13/h2-4H,1H3,(H2,10,12,13). The zero-order valence-electron chi connectivity index (χ0n) is 7.32. The van der Waals surface area contributed by atoms with Gasteiger partial charge in [-0.1, -0.05) is 11.6 Å². The molecule has 0 atom stereocenters. The molecule has 4 nitrogen and oxygen atoms in total. The zero-order valence-corrected chi connectivity index (χ0v) is 8.89. The Morgan fingerprint density at radius 1 is 1.43 bits per heavy atom. The molecule has 0 spiro atoms. The molecule has 0 saturated carbocycles. The third kappa shape index (κ3) is 2.31. The minimum atomic E-state index is -3.82. The molecule has 0 aliphatic carbocycles. The normalized spacial score (nSPS) is 11.4. The summed E-state index contributed by atoms with van der Waals surface area (Å²) in [5.41, 5.74) is 0.349. The second-order valence-electron chi connectivity index (χ2n) is 2.75. The van der Waals surface area contributed by atoms with Gasteiger partial charge in [-0.2, -0.15) is 0 Å². The molecule has 0 bridgehead atoms. The van der Waals surface area contributed by atoms with Crippen LogP contribution in [0.5, 0.6) is 0 Å². The van der Waals surface area contributed by atoms with Gasteiger partial charge in [0.05, 0.1) is 5.02 Å². The highest BCUT2D eigenvalue weighted by Crippen LogP contribution is 2.21. The summed E-state index contributed by atoms with van der Waals surface area (Å²) in [5, 5.41) is 4.85. The maximum Gasteiger partial charge on any atom is 0.239 e. The number of halogens is 1. The van der Waals surface area contributed by atoms with E-state index < -0.39 is 10.0 Å². The van der Waals surface area contributed by atoms with E-state index in [4.69, 9.17) is 16.7 Å². The van der Waals surface area contributed by atoms with Crippen LogP contribution in [-0.4, -0.2) is 14.2 Å². The first-order valence-corrected chi connectivity index (χ1v) is 5.58. The van der Waals surface area contributed by atoms with E-state index in [1.54, 1.807) is 0 Å². The van der Waals surface area contributed by atoms with Crippen LogP contribution in [0.15, 0.2) is 23.1 Å². The van der Waals surface area contributed by atoms with Gasteiger partial charge in [0.25, 0.3) is 0 Å². The van der Waals surface area contributed by atoms with Gasteiger partial charge in [-0.05, 0) is 25.1 Å². The Labute approximate surface area is 86.7 Å². The summed E-state index contributed by atoms with van der Waals surface area (Å²) >= 11 is 5.65. The lowest BCUT2D eigenvalue weighted by Crippen LogP contribution is -2.13. The molecule has 0 aliphatic rings. The van der Waals surface area contributed by atoms with E-state index in [0.29, 0.717) is 5.56 Å². The number of carbonyl (C=O) groups is 1. The summed E-state index contributed by atoms with van der Waals surface area (Å²) < 4.78 is 21.9. The van der Waals surface area contributed by atoms with Crippen molar-refractivity contribution in [3.63, 3.8) is 0 Å². The summed E-state index contributed by atoms with van der Waals surface area (Å²) in [6.45, 7) is 1.36. The predicted octanol–water partition coefficient (Wildman–Crippen LogP) is 1.19. The summed E-state index contributed by atoms with van der Waals surface area (Å²) in [6.07, 6.45) is 0. The zero-order chi connectivity index (χ0) is 10.9. The van der Waals surface area contributed by atoms with Crippen LogP contribution in [0, 0.1) is 0 Å². The van der Waals surface area contributed by atoms with Gasteiger partial charge in [-0.15, -0.1) is 0 Å². The highest BCUT2D eigenvalue weighted by Gasteiger charge is 2.13. The van der Waals surface area contributed by atoms with Gasteiger partial charge in [0.15, 0.2) is 5.78 Å². The third-order valence-electron chi connectivity index (χ3n) is 1.64. The van der Waals surface area contributed by atoms with Crippen LogP contribution in [0.4, 0.5) is 0 Å². The molecule has 0 aliphatic heterocycles. The van der Waals surface area contributed by atoms with Gasteiger partial charge in [0.2, 0.25) is 10.0 Å². The number of hydrogen-bond donors (Lipinski definition) is 1. The number of Topliss-reactive ketones (excluding diaryl/α,β-unsaturated/α-hetero) is 1. The fourth-order valence-corrected chi connectivity index (χ4v) is 2.04. The molecule has 0 saturated heterocycles. The van der Waals surface area contributed by atoms with E-state index in [-0.39, 0.29) is 15.7 Å². The minimum Gasteiger partial charge on any atom is -0.295 e. The average Bonchev–Trinajstić information content (AvgIpc) is 2.01. The Morgan fingerprint density at radius 2 is 2.00 bits per heavy atom. The van der Waals surface area contributed by atoms with E-state index in [9.17, 15) is 13.2 Å². The fraction of sp³-hybridized carbons (Fsp3) is 0.125. The third-order valence-corrected chi connectivity index (χ3v) is 3.04. The number of primary sulfonamides is 1. The second kappa shape index (κ2) is 3.68. The highest BCUT2D eigenvalue weighted by molar-refractivity contribution is 7.89. The van der Waals surface area contributed by atoms with E-state index >= 15 is 0 Å².